The predicted molar refractivity (Wildman–Crippen MR) is 108 cm³/mol. The molecule has 1 atom stereocenters. The quantitative estimate of drug-likeness (QED) is 0.623. The topological polar surface area (TPSA) is 64.4 Å². The lowest BCUT2D eigenvalue weighted by atomic mass is 10.2. The Bertz CT molecular complexity index is 933. The summed E-state index contributed by atoms with van der Waals surface area (Å²) in [6, 6.07) is 6.43. The zero-order chi connectivity index (χ0) is 20.4. The Morgan fingerprint density at radius 1 is 1.21 bits per heavy atom. The SMILES string of the molecule is CN(Cc1ccc(F)cc1)Cc1cnc(S(=O)(=O)CC2CC2)n1CC1CCCO1. The van der Waals surface area contributed by atoms with Gasteiger partial charge in [-0.05, 0) is 56.3 Å². The zero-order valence-electron chi connectivity index (χ0n) is 16.8. The van der Waals surface area contributed by atoms with Crippen LogP contribution in [0.5, 0.6) is 0 Å². The van der Waals surface area contributed by atoms with Gasteiger partial charge in [-0.25, -0.2) is 17.8 Å². The number of rotatable bonds is 9. The molecule has 0 bridgehead atoms. The molecule has 158 valence electrons. The van der Waals surface area contributed by atoms with E-state index in [-0.39, 0.29) is 28.7 Å². The Labute approximate surface area is 171 Å². The van der Waals surface area contributed by atoms with Gasteiger partial charge in [-0.15, -0.1) is 0 Å². The molecule has 0 amide bonds. The van der Waals surface area contributed by atoms with Gasteiger partial charge in [0.15, 0.2) is 0 Å². The molecule has 2 aromatic rings. The molecule has 1 aromatic heterocycles. The molecule has 1 aliphatic heterocycles. The van der Waals surface area contributed by atoms with Gasteiger partial charge < -0.3 is 9.30 Å². The average molecular weight is 422 g/mol. The number of ether oxygens (including phenoxy) is 1. The molecule has 2 fully saturated rings. The molecule has 1 aromatic carbocycles. The van der Waals surface area contributed by atoms with Gasteiger partial charge in [0.05, 0.1) is 30.3 Å². The molecule has 1 aliphatic carbocycles. The molecule has 8 heteroatoms. The molecule has 0 N–H and O–H groups in total. The fourth-order valence-corrected chi connectivity index (χ4v) is 5.70. The summed E-state index contributed by atoms with van der Waals surface area (Å²) in [5, 5.41) is 0.171. The van der Waals surface area contributed by atoms with E-state index in [9.17, 15) is 12.8 Å². The monoisotopic (exact) mass is 421 g/mol. The third-order valence-electron chi connectivity index (χ3n) is 5.54. The van der Waals surface area contributed by atoms with Gasteiger partial charge >= 0.3 is 0 Å². The van der Waals surface area contributed by atoms with Gasteiger partial charge in [0.1, 0.15) is 5.82 Å². The largest absolute Gasteiger partial charge is 0.376 e. The second-order valence-corrected chi connectivity index (χ2v) is 10.2. The molecule has 6 nitrogen and oxygen atoms in total. The van der Waals surface area contributed by atoms with Gasteiger partial charge in [0.2, 0.25) is 15.0 Å². The first-order valence-electron chi connectivity index (χ1n) is 10.2. The minimum Gasteiger partial charge on any atom is -0.376 e. The average Bonchev–Trinajstić information content (AvgIpc) is 3.15. The van der Waals surface area contributed by atoms with Gasteiger partial charge in [0.25, 0.3) is 0 Å². The highest BCUT2D eigenvalue weighted by Crippen LogP contribution is 2.32. The van der Waals surface area contributed by atoms with Crippen LogP contribution in [-0.4, -0.2) is 48.4 Å². The van der Waals surface area contributed by atoms with E-state index in [0.29, 0.717) is 19.6 Å². The number of imidazole rings is 1. The summed E-state index contributed by atoms with van der Waals surface area (Å²) in [6.45, 7) is 2.42. The van der Waals surface area contributed by atoms with E-state index >= 15 is 0 Å². The molecular weight excluding hydrogens is 393 g/mol. The lowest BCUT2D eigenvalue weighted by Crippen LogP contribution is -2.25. The molecule has 1 unspecified atom stereocenters. The third-order valence-corrected chi connectivity index (χ3v) is 7.33. The molecule has 2 aliphatic rings. The van der Waals surface area contributed by atoms with Crippen molar-refractivity contribution >= 4 is 9.84 Å². The summed E-state index contributed by atoms with van der Waals surface area (Å²) in [5.74, 6) is 0.203. The fraction of sp³-hybridized carbons (Fsp3) is 0.571. The van der Waals surface area contributed by atoms with Crippen LogP contribution in [0.25, 0.3) is 0 Å². The third kappa shape index (κ3) is 5.24. The van der Waals surface area contributed by atoms with E-state index in [1.54, 1.807) is 18.3 Å². The van der Waals surface area contributed by atoms with Crippen LogP contribution in [0.3, 0.4) is 0 Å². The Kier molecular flexibility index (Phi) is 6.03. The molecular formula is C21H28FN3O3S. The Morgan fingerprint density at radius 3 is 2.62 bits per heavy atom. The molecule has 4 rings (SSSR count). The number of aromatic nitrogens is 2. The molecule has 0 spiro atoms. The van der Waals surface area contributed by atoms with Crippen molar-refractivity contribution in [3.63, 3.8) is 0 Å². The molecule has 0 radical (unpaired) electrons. The summed E-state index contributed by atoms with van der Waals surface area (Å²) >= 11 is 0. The van der Waals surface area contributed by atoms with Crippen molar-refractivity contribution in [2.45, 2.75) is 56.6 Å². The minimum atomic E-state index is -3.41. The first-order chi connectivity index (χ1) is 13.9. The molecule has 29 heavy (non-hydrogen) atoms. The van der Waals surface area contributed by atoms with Crippen molar-refractivity contribution in [3.8, 4) is 0 Å². The summed E-state index contributed by atoms with van der Waals surface area (Å²) in [4.78, 5) is 6.40. The Balaban J connectivity index is 1.53. The van der Waals surface area contributed by atoms with Crippen molar-refractivity contribution in [2.24, 2.45) is 5.92 Å². The highest BCUT2D eigenvalue weighted by Gasteiger charge is 2.33. The highest BCUT2D eigenvalue weighted by atomic mass is 32.2. The Morgan fingerprint density at radius 2 is 1.97 bits per heavy atom. The predicted octanol–water partition coefficient (Wildman–Crippen LogP) is 3.02. The van der Waals surface area contributed by atoms with Crippen LogP contribution in [0.4, 0.5) is 4.39 Å². The number of hydrogen-bond acceptors (Lipinski definition) is 5. The van der Waals surface area contributed by atoms with Crippen molar-refractivity contribution < 1.29 is 17.5 Å². The number of benzene rings is 1. The number of halogens is 1. The number of nitrogens with zero attached hydrogens (tertiary/aromatic N) is 3. The number of hydrogen-bond donors (Lipinski definition) is 0. The summed E-state index contributed by atoms with van der Waals surface area (Å²) < 4.78 is 46.6. The second kappa shape index (κ2) is 8.53. The maximum atomic E-state index is 13.1. The zero-order valence-corrected chi connectivity index (χ0v) is 17.6. The Hall–Kier alpha value is -1.77. The van der Waals surface area contributed by atoms with Crippen LogP contribution >= 0.6 is 0 Å². The molecule has 1 saturated carbocycles. The van der Waals surface area contributed by atoms with Crippen LogP contribution in [0.1, 0.15) is 36.9 Å². The maximum absolute atomic E-state index is 13.1. The van der Waals surface area contributed by atoms with Gasteiger partial charge in [0, 0.05) is 19.7 Å². The van der Waals surface area contributed by atoms with E-state index in [4.69, 9.17) is 4.74 Å². The maximum Gasteiger partial charge on any atom is 0.227 e. The van der Waals surface area contributed by atoms with E-state index in [0.717, 1.165) is 43.5 Å². The minimum absolute atomic E-state index is 0.0280. The van der Waals surface area contributed by atoms with E-state index < -0.39 is 9.84 Å². The summed E-state index contributed by atoms with van der Waals surface area (Å²) in [7, 11) is -1.45. The van der Waals surface area contributed by atoms with E-state index in [2.05, 4.69) is 9.88 Å². The lowest BCUT2D eigenvalue weighted by molar-refractivity contribution is 0.0934. The van der Waals surface area contributed by atoms with Crippen molar-refractivity contribution in [1.82, 2.24) is 14.5 Å². The fourth-order valence-electron chi connectivity index (χ4n) is 3.86. The van der Waals surface area contributed by atoms with Gasteiger partial charge in [-0.2, -0.15) is 0 Å². The van der Waals surface area contributed by atoms with Crippen LogP contribution in [0, 0.1) is 11.7 Å². The first-order valence-corrected chi connectivity index (χ1v) is 11.9. The van der Waals surface area contributed by atoms with Crippen LogP contribution in [0.15, 0.2) is 35.6 Å². The standard InChI is InChI=1S/C21H28FN3O3S/c1-24(12-16-6-8-18(22)9-7-16)13-19-11-23-21(29(26,27)15-17-4-5-17)25(19)14-20-3-2-10-28-20/h6-9,11,17,20H,2-5,10,12-15H2,1H3. The second-order valence-electron chi connectivity index (χ2n) is 8.30. The number of sulfone groups is 1. The van der Waals surface area contributed by atoms with Crippen molar-refractivity contribution in [2.75, 3.05) is 19.4 Å². The molecule has 2 heterocycles. The highest BCUT2D eigenvalue weighted by molar-refractivity contribution is 7.91. The van der Waals surface area contributed by atoms with Gasteiger partial charge in [-0.1, -0.05) is 12.1 Å². The lowest BCUT2D eigenvalue weighted by Gasteiger charge is -2.20. The van der Waals surface area contributed by atoms with Crippen molar-refractivity contribution in [3.05, 3.63) is 47.5 Å². The summed E-state index contributed by atoms with van der Waals surface area (Å²) in [5.41, 5.74) is 1.86. The van der Waals surface area contributed by atoms with E-state index in [1.807, 2.05) is 11.6 Å². The van der Waals surface area contributed by atoms with Crippen LogP contribution < -0.4 is 0 Å². The van der Waals surface area contributed by atoms with Crippen LogP contribution in [0.2, 0.25) is 0 Å². The smallest absolute Gasteiger partial charge is 0.227 e. The van der Waals surface area contributed by atoms with E-state index in [1.165, 1.54) is 12.1 Å². The molecule has 1 saturated heterocycles. The first kappa shape index (κ1) is 20.5. The normalized spacial score (nSPS) is 19.9. The van der Waals surface area contributed by atoms with Crippen molar-refractivity contribution in [1.29, 1.82) is 0 Å². The van der Waals surface area contributed by atoms with Gasteiger partial charge in [-0.3, -0.25) is 4.90 Å². The van der Waals surface area contributed by atoms with Crippen LogP contribution in [-0.2, 0) is 34.2 Å². The summed E-state index contributed by atoms with van der Waals surface area (Å²) in [6.07, 6.45) is 5.61.